The number of anilines is 1. The fourth-order valence-electron chi connectivity index (χ4n) is 2.42. The average molecular weight is 346 g/mol. The van der Waals surface area contributed by atoms with Crippen LogP contribution in [0.15, 0.2) is 51.6 Å². The van der Waals surface area contributed by atoms with E-state index in [-0.39, 0.29) is 0 Å². The van der Waals surface area contributed by atoms with Gasteiger partial charge in [0.1, 0.15) is 11.6 Å². The van der Waals surface area contributed by atoms with E-state index < -0.39 is 0 Å². The molecule has 0 atom stereocenters. The lowest BCUT2D eigenvalue weighted by Crippen LogP contribution is -1.98. The van der Waals surface area contributed by atoms with Crippen LogP contribution in [0.25, 0.3) is 11.1 Å². The minimum atomic E-state index is 0.683. The third-order valence-corrected chi connectivity index (χ3v) is 3.96. The van der Waals surface area contributed by atoms with E-state index in [0.717, 1.165) is 39.9 Å². The standard InChI is InChI=1S/C16H16BrN3O/c1-20-16(18)15(11-4-2-5-12(17)10-11)14(19-20)8-7-13-6-3-9-21-13/h2-6,9-10H,7-8,18H2,1H3. The molecule has 2 N–H and O–H groups in total. The second-order valence-corrected chi connectivity index (χ2v) is 5.84. The highest BCUT2D eigenvalue weighted by atomic mass is 79.9. The Balaban J connectivity index is 1.95. The summed E-state index contributed by atoms with van der Waals surface area (Å²) in [5, 5.41) is 4.55. The van der Waals surface area contributed by atoms with Gasteiger partial charge in [0.2, 0.25) is 0 Å². The van der Waals surface area contributed by atoms with Gasteiger partial charge in [-0.2, -0.15) is 5.10 Å². The average Bonchev–Trinajstić information content (AvgIpc) is 3.06. The lowest BCUT2D eigenvalue weighted by atomic mass is 10.0. The molecule has 3 aromatic rings. The third-order valence-electron chi connectivity index (χ3n) is 3.47. The number of nitrogen functional groups attached to an aromatic ring is 1. The quantitative estimate of drug-likeness (QED) is 0.782. The zero-order valence-electron chi connectivity index (χ0n) is 11.7. The van der Waals surface area contributed by atoms with E-state index in [2.05, 4.69) is 33.2 Å². The number of furan rings is 1. The molecule has 2 aromatic heterocycles. The molecule has 0 amide bonds. The molecule has 0 radical (unpaired) electrons. The number of hydrogen-bond donors (Lipinski definition) is 1. The Kier molecular flexibility index (Phi) is 3.84. The number of nitrogens with two attached hydrogens (primary N) is 1. The van der Waals surface area contributed by atoms with Gasteiger partial charge in [-0.25, -0.2) is 0 Å². The summed E-state index contributed by atoms with van der Waals surface area (Å²) in [6.45, 7) is 0. The van der Waals surface area contributed by atoms with Crippen molar-refractivity contribution in [3.8, 4) is 11.1 Å². The Bertz CT molecular complexity index is 747. The Morgan fingerprint density at radius 2 is 2.10 bits per heavy atom. The van der Waals surface area contributed by atoms with Gasteiger partial charge in [0, 0.05) is 23.5 Å². The molecule has 2 heterocycles. The Labute approximate surface area is 131 Å². The SMILES string of the molecule is Cn1nc(CCc2ccco2)c(-c2cccc(Br)c2)c1N. The second-order valence-electron chi connectivity index (χ2n) is 4.92. The van der Waals surface area contributed by atoms with Crippen LogP contribution in [0, 0.1) is 0 Å². The Morgan fingerprint density at radius 1 is 1.24 bits per heavy atom. The molecular weight excluding hydrogens is 330 g/mol. The fourth-order valence-corrected chi connectivity index (χ4v) is 2.82. The van der Waals surface area contributed by atoms with Gasteiger partial charge < -0.3 is 10.2 Å². The van der Waals surface area contributed by atoms with Gasteiger partial charge in [0.05, 0.1) is 12.0 Å². The first-order chi connectivity index (χ1) is 10.1. The van der Waals surface area contributed by atoms with Gasteiger partial charge in [-0.05, 0) is 36.2 Å². The molecule has 108 valence electrons. The van der Waals surface area contributed by atoms with Crippen LogP contribution in [-0.2, 0) is 19.9 Å². The monoisotopic (exact) mass is 345 g/mol. The molecule has 0 bridgehead atoms. The van der Waals surface area contributed by atoms with Gasteiger partial charge in [0.15, 0.2) is 0 Å². The maximum absolute atomic E-state index is 6.20. The van der Waals surface area contributed by atoms with E-state index in [0.29, 0.717) is 5.82 Å². The van der Waals surface area contributed by atoms with Crippen LogP contribution in [0.1, 0.15) is 11.5 Å². The highest BCUT2D eigenvalue weighted by Gasteiger charge is 2.16. The number of halogens is 1. The molecule has 3 rings (SSSR count). The Hall–Kier alpha value is -2.01. The van der Waals surface area contributed by atoms with E-state index >= 15 is 0 Å². The predicted molar refractivity (Wildman–Crippen MR) is 86.9 cm³/mol. The maximum atomic E-state index is 6.20. The summed E-state index contributed by atoms with van der Waals surface area (Å²) >= 11 is 3.50. The lowest BCUT2D eigenvalue weighted by Gasteiger charge is -2.04. The topological polar surface area (TPSA) is 57.0 Å². The lowest BCUT2D eigenvalue weighted by molar-refractivity contribution is 0.507. The third kappa shape index (κ3) is 2.88. The number of benzene rings is 1. The highest BCUT2D eigenvalue weighted by Crippen LogP contribution is 2.31. The summed E-state index contributed by atoms with van der Waals surface area (Å²) in [7, 11) is 1.87. The maximum Gasteiger partial charge on any atom is 0.129 e. The summed E-state index contributed by atoms with van der Waals surface area (Å²) in [6, 6.07) is 12.0. The van der Waals surface area contributed by atoms with Gasteiger partial charge in [-0.1, -0.05) is 28.1 Å². The van der Waals surface area contributed by atoms with Crippen molar-refractivity contribution < 1.29 is 4.42 Å². The summed E-state index contributed by atoms with van der Waals surface area (Å²) in [6.07, 6.45) is 3.29. The molecule has 0 aliphatic rings. The molecule has 0 aliphatic carbocycles. The molecule has 0 spiro atoms. The van der Waals surface area contributed by atoms with Crippen molar-refractivity contribution in [2.75, 3.05) is 5.73 Å². The molecule has 21 heavy (non-hydrogen) atoms. The van der Waals surface area contributed by atoms with Gasteiger partial charge in [-0.15, -0.1) is 0 Å². The number of hydrogen-bond acceptors (Lipinski definition) is 3. The van der Waals surface area contributed by atoms with Gasteiger partial charge in [-0.3, -0.25) is 4.68 Å². The normalized spacial score (nSPS) is 11.0. The first kappa shape index (κ1) is 13.9. The zero-order valence-corrected chi connectivity index (χ0v) is 13.3. The molecule has 0 aliphatic heterocycles. The van der Waals surface area contributed by atoms with Crippen LogP contribution < -0.4 is 5.73 Å². The van der Waals surface area contributed by atoms with Crippen molar-refractivity contribution in [3.63, 3.8) is 0 Å². The molecular formula is C16H16BrN3O. The van der Waals surface area contributed by atoms with E-state index in [1.807, 2.05) is 31.3 Å². The molecule has 0 saturated carbocycles. The predicted octanol–water partition coefficient (Wildman–Crippen LogP) is 3.81. The fraction of sp³-hybridized carbons (Fsp3) is 0.188. The molecule has 5 heteroatoms. The second kappa shape index (κ2) is 5.77. The number of aromatic nitrogens is 2. The largest absolute Gasteiger partial charge is 0.469 e. The van der Waals surface area contributed by atoms with Crippen LogP contribution in [0.3, 0.4) is 0 Å². The Morgan fingerprint density at radius 3 is 2.81 bits per heavy atom. The first-order valence-electron chi connectivity index (χ1n) is 6.75. The summed E-state index contributed by atoms with van der Waals surface area (Å²) in [5.41, 5.74) is 9.26. The van der Waals surface area contributed by atoms with Crippen molar-refractivity contribution in [1.82, 2.24) is 9.78 Å². The van der Waals surface area contributed by atoms with Crippen molar-refractivity contribution in [1.29, 1.82) is 0 Å². The molecule has 0 fully saturated rings. The van der Waals surface area contributed by atoms with Crippen LogP contribution in [-0.4, -0.2) is 9.78 Å². The van der Waals surface area contributed by atoms with E-state index in [9.17, 15) is 0 Å². The van der Waals surface area contributed by atoms with Crippen LogP contribution in [0.4, 0.5) is 5.82 Å². The van der Waals surface area contributed by atoms with Crippen molar-refractivity contribution >= 4 is 21.7 Å². The van der Waals surface area contributed by atoms with E-state index in [1.54, 1.807) is 10.9 Å². The van der Waals surface area contributed by atoms with Crippen LogP contribution in [0.5, 0.6) is 0 Å². The van der Waals surface area contributed by atoms with Crippen LogP contribution in [0.2, 0.25) is 0 Å². The molecule has 1 aromatic carbocycles. The minimum Gasteiger partial charge on any atom is -0.469 e. The molecule has 4 nitrogen and oxygen atoms in total. The molecule has 0 unspecified atom stereocenters. The minimum absolute atomic E-state index is 0.683. The molecule has 0 saturated heterocycles. The smallest absolute Gasteiger partial charge is 0.129 e. The summed E-state index contributed by atoms with van der Waals surface area (Å²) in [5.74, 6) is 1.64. The number of aryl methyl sites for hydroxylation is 3. The zero-order chi connectivity index (χ0) is 14.8. The van der Waals surface area contributed by atoms with Crippen molar-refractivity contribution in [2.45, 2.75) is 12.8 Å². The van der Waals surface area contributed by atoms with Gasteiger partial charge in [0.25, 0.3) is 0 Å². The van der Waals surface area contributed by atoms with Crippen LogP contribution >= 0.6 is 15.9 Å². The summed E-state index contributed by atoms with van der Waals surface area (Å²) in [4.78, 5) is 0. The first-order valence-corrected chi connectivity index (χ1v) is 7.54. The van der Waals surface area contributed by atoms with Crippen molar-refractivity contribution in [3.05, 3.63) is 58.6 Å². The van der Waals surface area contributed by atoms with E-state index in [4.69, 9.17) is 10.2 Å². The summed E-state index contributed by atoms with van der Waals surface area (Å²) < 4.78 is 8.14. The van der Waals surface area contributed by atoms with Gasteiger partial charge >= 0.3 is 0 Å². The number of rotatable bonds is 4. The van der Waals surface area contributed by atoms with Crippen molar-refractivity contribution in [2.24, 2.45) is 7.05 Å². The highest BCUT2D eigenvalue weighted by molar-refractivity contribution is 9.10. The number of nitrogens with zero attached hydrogens (tertiary/aromatic N) is 2. The van der Waals surface area contributed by atoms with E-state index in [1.165, 1.54) is 0 Å².